The number of hydrogen-bond acceptors (Lipinski definition) is 5. The van der Waals surface area contributed by atoms with E-state index in [4.69, 9.17) is 0 Å². The molecule has 0 saturated heterocycles. The molecule has 2 heterocycles. The van der Waals surface area contributed by atoms with Gasteiger partial charge < -0.3 is 9.72 Å². The molecule has 15 heavy (non-hydrogen) atoms. The molecule has 0 saturated carbocycles. The minimum Gasteiger partial charge on any atom is -0.465 e. The minimum absolute atomic E-state index is 0.224. The Labute approximate surface area is 88.7 Å². The summed E-state index contributed by atoms with van der Waals surface area (Å²) in [6.45, 7) is 1.69. The Hall–Kier alpha value is -1.69. The van der Waals surface area contributed by atoms with Crippen molar-refractivity contribution in [2.75, 3.05) is 7.11 Å². The first-order chi connectivity index (χ1) is 7.11. The molecular formula is C9H8N2O3S. The number of fused-ring (bicyclic) bond motifs is 1. The lowest BCUT2D eigenvalue weighted by atomic mass is 10.4. The molecule has 2 rings (SSSR count). The van der Waals surface area contributed by atoms with E-state index >= 15 is 0 Å². The molecule has 0 atom stereocenters. The van der Waals surface area contributed by atoms with Crippen LogP contribution in [-0.4, -0.2) is 23.0 Å². The second kappa shape index (κ2) is 3.47. The lowest BCUT2D eigenvalue weighted by Gasteiger charge is -1.90. The van der Waals surface area contributed by atoms with Crippen molar-refractivity contribution in [1.82, 2.24) is 9.97 Å². The van der Waals surface area contributed by atoms with E-state index in [-0.39, 0.29) is 5.56 Å². The smallest absolute Gasteiger partial charge is 0.348 e. The van der Waals surface area contributed by atoms with Gasteiger partial charge in [0.25, 0.3) is 5.56 Å². The van der Waals surface area contributed by atoms with Gasteiger partial charge in [0.05, 0.1) is 12.6 Å². The van der Waals surface area contributed by atoms with Crippen molar-refractivity contribution in [3.05, 3.63) is 27.1 Å². The number of nitrogens with one attached hydrogen (secondary N) is 1. The van der Waals surface area contributed by atoms with Crippen LogP contribution in [0.3, 0.4) is 0 Å². The van der Waals surface area contributed by atoms with E-state index in [0.29, 0.717) is 20.9 Å². The third-order valence-electron chi connectivity index (χ3n) is 1.89. The molecule has 0 radical (unpaired) electrons. The van der Waals surface area contributed by atoms with Gasteiger partial charge in [0.15, 0.2) is 0 Å². The molecule has 0 spiro atoms. The number of carbonyl (C=O) groups excluding carboxylic acids is 1. The molecule has 0 amide bonds. The zero-order chi connectivity index (χ0) is 11.0. The zero-order valence-corrected chi connectivity index (χ0v) is 8.97. The predicted octanol–water partition coefficient (Wildman–Crippen LogP) is 1.08. The topological polar surface area (TPSA) is 72.0 Å². The average Bonchev–Trinajstić information content (AvgIpc) is 2.60. The van der Waals surface area contributed by atoms with E-state index in [9.17, 15) is 9.59 Å². The number of carbonyl (C=O) groups is 1. The van der Waals surface area contributed by atoms with Crippen LogP contribution in [0.2, 0.25) is 0 Å². The predicted molar refractivity (Wildman–Crippen MR) is 56.3 cm³/mol. The Balaban J connectivity index is 2.71. The van der Waals surface area contributed by atoms with Crippen molar-refractivity contribution >= 4 is 27.5 Å². The zero-order valence-electron chi connectivity index (χ0n) is 8.16. The number of nitrogens with zero attached hydrogens (tertiary/aromatic N) is 1. The SMILES string of the molecule is COC(=O)c1cc2nc(C)[nH]c(=O)c2s1. The van der Waals surface area contributed by atoms with Gasteiger partial charge in [0.2, 0.25) is 0 Å². The molecule has 6 heteroatoms. The van der Waals surface area contributed by atoms with Gasteiger partial charge in [0.1, 0.15) is 15.4 Å². The second-order valence-corrected chi connectivity index (χ2v) is 4.02. The first-order valence-corrected chi connectivity index (χ1v) is 5.02. The minimum atomic E-state index is -0.449. The third-order valence-corrected chi connectivity index (χ3v) is 2.99. The van der Waals surface area contributed by atoms with Crippen LogP contribution in [0.25, 0.3) is 10.2 Å². The Morgan fingerprint density at radius 3 is 3.00 bits per heavy atom. The highest BCUT2D eigenvalue weighted by Crippen LogP contribution is 2.21. The fraction of sp³-hybridized carbons (Fsp3) is 0.222. The molecule has 0 aliphatic carbocycles. The normalized spacial score (nSPS) is 10.5. The van der Waals surface area contributed by atoms with Crippen LogP contribution in [0.5, 0.6) is 0 Å². The van der Waals surface area contributed by atoms with Gasteiger partial charge in [-0.05, 0) is 13.0 Å². The van der Waals surface area contributed by atoms with Gasteiger partial charge >= 0.3 is 5.97 Å². The summed E-state index contributed by atoms with van der Waals surface area (Å²) in [5.74, 6) is 0.0803. The van der Waals surface area contributed by atoms with Gasteiger partial charge in [-0.1, -0.05) is 0 Å². The van der Waals surface area contributed by atoms with Crippen LogP contribution in [0.4, 0.5) is 0 Å². The number of aryl methyl sites for hydroxylation is 1. The Kier molecular flexibility index (Phi) is 2.28. The number of thiophene rings is 1. The monoisotopic (exact) mass is 224 g/mol. The maximum Gasteiger partial charge on any atom is 0.348 e. The highest BCUT2D eigenvalue weighted by atomic mass is 32.1. The number of esters is 1. The summed E-state index contributed by atoms with van der Waals surface area (Å²) in [5, 5.41) is 0. The van der Waals surface area contributed by atoms with Crippen molar-refractivity contribution in [1.29, 1.82) is 0 Å². The van der Waals surface area contributed by atoms with E-state index in [1.807, 2.05) is 0 Å². The van der Waals surface area contributed by atoms with Gasteiger partial charge in [-0.2, -0.15) is 0 Å². The van der Waals surface area contributed by atoms with E-state index in [1.165, 1.54) is 7.11 Å². The van der Waals surface area contributed by atoms with Crippen LogP contribution in [0, 0.1) is 6.92 Å². The van der Waals surface area contributed by atoms with E-state index < -0.39 is 5.97 Å². The average molecular weight is 224 g/mol. The number of aromatic amines is 1. The van der Waals surface area contributed by atoms with Crippen LogP contribution in [0.15, 0.2) is 10.9 Å². The van der Waals surface area contributed by atoms with Crippen molar-refractivity contribution in [2.45, 2.75) is 6.92 Å². The standard InChI is InChI=1S/C9H8N2O3S/c1-4-10-5-3-6(9(13)14-2)15-7(5)8(12)11-4/h3H,1-2H3,(H,10,11,12). The molecule has 0 aromatic carbocycles. The molecule has 2 aromatic heterocycles. The summed E-state index contributed by atoms with van der Waals surface area (Å²) in [4.78, 5) is 29.8. The highest BCUT2D eigenvalue weighted by Gasteiger charge is 2.13. The first-order valence-electron chi connectivity index (χ1n) is 4.20. The van der Waals surface area contributed by atoms with E-state index in [2.05, 4.69) is 14.7 Å². The summed E-state index contributed by atoms with van der Waals surface area (Å²) in [5.41, 5.74) is 0.305. The number of H-pyrrole nitrogens is 1. The number of ether oxygens (including phenoxy) is 1. The lowest BCUT2D eigenvalue weighted by molar-refractivity contribution is 0.0606. The van der Waals surface area contributed by atoms with Gasteiger partial charge in [0, 0.05) is 0 Å². The van der Waals surface area contributed by atoms with Crippen LogP contribution in [0.1, 0.15) is 15.5 Å². The number of methoxy groups -OCH3 is 1. The van der Waals surface area contributed by atoms with Crippen molar-refractivity contribution < 1.29 is 9.53 Å². The largest absolute Gasteiger partial charge is 0.465 e. The molecule has 0 aliphatic heterocycles. The van der Waals surface area contributed by atoms with Gasteiger partial charge in [-0.15, -0.1) is 11.3 Å². The molecule has 5 nitrogen and oxygen atoms in total. The van der Waals surface area contributed by atoms with Crippen LogP contribution in [-0.2, 0) is 4.74 Å². The van der Waals surface area contributed by atoms with Crippen LogP contribution < -0.4 is 5.56 Å². The molecule has 0 fully saturated rings. The Bertz CT molecular complexity index is 585. The summed E-state index contributed by atoms with van der Waals surface area (Å²) >= 11 is 1.08. The van der Waals surface area contributed by atoms with Crippen molar-refractivity contribution in [3.63, 3.8) is 0 Å². The molecule has 0 unspecified atom stereocenters. The maximum absolute atomic E-state index is 11.5. The fourth-order valence-corrected chi connectivity index (χ4v) is 2.17. The first kappa shape index (κ1) is 9.85. The molecule has 1 N–H and O–H groups in total. The highest BCUT2D eigenvalue weighted by molar-refractivity contribution is 7.20. The number of rotatable bonds is 1. The van der Waals surface area contributed by atoms with Gasteiger partial charge in [-0.25, -0.2) is 9.78 Å². The third kappa shape index (κ3) is 1.63. The van der Waals surface area contributed by atoms with E-state index in [0.717, 1.165) is 11.3 Å². The summed E-state index contributed by atoms with van der Waals surface area (Å²) in [6, 6.07) is 1.56. The molecule has 78 valence electrons. The van der Waals surface area contributed by atoms with Crippen LogP contribution >= 0.6 is 11.3 Å². The molecule has 0 bridgehead atoms. The summed E-state index contributed by atoms with van der Waals surface area (Å²) in [7, 11) is 1.30. The molecular weight excluding hydrogens is 216 g/mol. The maximum atomic E-state index is 11.5. The van der Waals surface area contributed by atoms with Gasteiger partial charge in [-0.3, -0.25) is 4.79 Å². The summed E-state index contributed by atoms with van der Waals surface area (Å²) < 4.78 is 5.01. The van der Waals surface area contributed by atoms with Crippen molar-refractivity contribution in [2.24, 2.45) is 0 Å². The number of hydrogen-bond donors (Lipinski definition) is 1. The molecule has 0 aliphatic rings. The molecule has 2 aromatic rings. The fourth-order valence-electron chi connectivity index (χ4n) is 1.26. The van der Waals surface area contributed by atoms with Crippen molar-refractivity contribution in [3.8, 4) is 0 Å². The van der Waals surface area contributed by atoms with E-state index in [1.54, 1.807) is 13.0 Å². The number of aromatic nitrogens is 2. The Morgan fingerprint density at radius 2 is 2.33 bits per heavy atom. The summed E-state index contributed by atoms with van der Waals surface area (Å²) in [6.07, 6.45) is 0. The Morgan fingerprint density at radius 1 is 1.60 bits per heavy atom. The second-order valence-electron chi connectivity index (χ2n) is 2.97. The lowest BCUT2D eigenvalue weighted by Crippen LogP contribution is -2.07. The quantitative estimate of drug-likeness (QED) is 0.736.